The first-order chi connectivity index (χ1) is 9.20. The largest absolute Gasteiger partial charge is 0.313 e. The lowest BCUT2D eigenvalue weighted by atomic mass is 10.0. The zero-order valence-corrected chi connectivity index (χ0v) is 12.5. The van der Waals surface area contributed by atoms with Crippen LogP contribution in [-0.2, 0) is 6.54 Å². The molecule has 100 valence electrons. The monoisotopic (exact) mass is 321 g/mol. The van der Waals surface area contributed by atoms with Crippen molar-refractivity contribution in [2.45, 2.75) is 19.9 Å². The Hall–Kier alpha value is -1.19. The smallest absolute Gasteiger partial charge is 0.131 e. The predicted molar refractivity (Wildman–Crippen MR) is 81.5 cm³/mol. The van der Waals surface area contributed by atoms with Gasteiger partial charge in [0.25, 0.3) is 0 Å². The van der Waals surface area contributed by atoms with Crippen LogP contribution < -0.4 is 5.32 Å². The summed E-state index contributed by atoms with van der Waals surface area (Å²) in [4.78, 5) is 0. The van der Waals surface area contributed by atoms with E-state index >= 15 is 0 Å². The first-order valence-corrected chi connectivity index (χ1v) is 7.25. The second kappa shape index (κ2) is 6.83. The third-order valence-electron chi connectivity index (χ3n) is 2.95. The third kappa shape index (κ3) is 3.88. The molecule has 0 unspecified atom stereocenters. The molecular formula is C16H17BrFN. The molecule has 0 saturated heterocycles. The lowest BCUT2D eigenvalue weighted by Crippen LogP contribution is -2.13. The number of nitrogens with one attached hydrogen (secondary N) is 1. The van der Waals surface area contributed by atoms with Gasteiger partial charge in [0.2, 0.25) is 0 Å². The highest BCUT2D eigenvalue weighted by atomic mass is 79.9. The Bertz CT molecular complexity index is 537. The Morgan fingerprint density at radius 3 is 2.53 bits per heavy atom. The second-order valence-electron chi connectivity index (χ2n) is 4.50. The Labute approximate surface area is 122 Å². The molecule has 0 aliphatic heterocycles. The quantitative estimate of drug-likeness (QED) is 0.783. The molecular weight excluding hydrogens is 305 g/mol. The van der Waals surface area contributed by atoms with Crippen LogP contribution in [0.3, 0.4) is 0 Å². The molecule has 0 radical (unpaired) electrons. The van der Waals surface area contributed by atoms with Crippen LogP contribution in [0.15, 0.2) is 46.9 Å². The van der Waals surface area contributed by atoms with E-state index in [0.29, 0.717) is 5.56 Å². The van der Waals surface area contributed by atoms with Gasteiger partial charge in [0.1, 0.15) is 5.82 Å². The molecule has 0 aliphatic rings. The molecule has 3 heteroatoms. The predicted octanol–water partition coefficient (Wildman–Crippen LogP) is 4.75. The molecule has 1 nitrogen and oxygen atoms in total. The average molecular weight is 322 g/mol. The van der Waals surface area contributed by atoms with Crippen LogP contribution in [-0.4, -0.2) is 6.54 Å². The molecule has 19 heavy (non-hydrogen) atoms. The fraction of sp³-hybridized carbons (Fsp3) is 0.250. The van der Waals surface area contributed by atoms with Gasteiger partial charge in [0, 0.05) is 16.6 Å². The first kappa shape index (κ1) is 14.2. The van der Waals surface area contributed by atoms with Gasteiger partial charge in [-0.05, 0) is 42.3 Å². The van der Waals surface area contributed by atoms with Crippen LogP contribution in [0.1, 0.15) is 18.9 Å². The highest BCUT2D eigenvalue weighted by molar-refractivity contribution is 9.10. The van der Waals surface area contributed by atoms with E-state index in [2.05, 4.69) is 28.2 Å². The zero-order chi connectivity index (χ0) is 13.7. The molecule has 0 heterocycles. The third-order valence-corrected chi connectivity index (χ3v) is 3.44. The first-order valence-electron chi connectivity index (χ1n) is 6.46. The van der Waals surface area contributed by atoms with Gasteiger partial charge in [0.05, 0.1) is 0 Å². The number of halogens is 2. The average Bonchev–Trinajstić information content (AvgIpc) is 2.43. The SMILES string of the molecule is CCCNCc1ccc(-c2cc(Br)ccc2F)cc1. The van der Waals surface area contributed by atoms with Gasteiger partial charge in [-0.3, -0.25) is 0 Å². The van der Waals surface area contributed by atoms with Gasteiger partial charge >= 0.3 is 0 Å². The van der Waals surface area contributed by atoms with Crippen molar-refractivity contribution >= 4 is 15.9 Å². The molecule has 0 aromatic heterocycles. The summed E-state index contributed by atoms with van der Waals surface area (Å²) in [6.07, 6.45) is 1.13. The van der Waals surface area contributed by atoms with Crippen molar-refractivity contribution < 1.29 is 4.39 Å². The fourth-order valence-corrected chi connectivity index (χ4v) is 2.29. The molecule has 0 bridgehead atoms. The van der Waals surface area contributed by atoms with E-state index < -0.39 is 0 Å². The Morgan fingerprint density at radius 2 is 1.84 bits per heavy atom. The van der Waals surface area contributed by atoms with Crippen molar-refractivity contribution in [3.8, 4) is 11.1 Å². The van der Waals surface area contributed by atoms with Crippen LogP contribution in [0.25, 0.3) is 11.1 Å². The standard InChI is InChI=1S/C16H17BrFN/c1-2-9-19-11-12-3-5-13(6-4-12)15-10-14(17)7-8-16(15)18/h3-8,10,19H,2,9,11H2,1H3. The van der Waals surface area contributed by atoms with Gasteiger partial charge < -0.3 is 5.32 Å². The van der Waals surface area contributed by atoms with Crippen LogP contribution >= 0.6 is 15.9 Å². The minimum absolute atomic E-state index is 0.194. The van der Waals surface area contributed by atoms with E-state index in [1.165, 1.54) is 11.6 Å². The van der Waals surface area contributed by atoms with E-state index in [1.807, 2.05) is 24.3 Å². The normalized spacial score (nSPS) is 10.7. The van der Waals surface area contributed by atoms with Crippen molar-refractivity contribution in [1.29, 1.82) is 0 Å². The molecule has 2 rings (SSSR count). The summed E-state index contributed by atoms with van der Waals surface area (Å²) in [5, 5.41) is 3.35. The van der Waals surface area contributed by atoms with E-state index in [4.69, 9.17) is 0 Å². The van der Waals surface area contributed by atoms with Crippen molar-refractivity contribution in [2.75, 3.05) is 6.54 Å². The van der Waals surface area contributed by atoms with E-state index in [-0.39, 0.29) is 5.82 Å². The summed E-state index contributed by atoms with van der Waals surface area (Å²) >= 11 is 3.37. The Morgan fingerprint density at radius 1 is 1.11 bits per heavy atom. The van der Waals surface area contributed by atoms with E-state index in [0.717, 1.165) is 29.5 Å². The molecule has 0 amide bonds. The number of hydrogen-bond donors (Lipinski definition) is 1. The lowest BCUT2D eigenvalue weighted by Gasteiger charge is -2.07. The summed E-state index contributed by atoms with van der Waals surface area (Å²) in [7, 11) is 0. The minimum atomic E-state index is -0.194. The van der Waals surface area contributed by atoms with Gasteiger partial charge in [-0.1, -0.05) is 47.1 Å². The summed E-state index contributed by atoms with van der Waals surface area (Å²) < 4.78 is 14.7. The highest BCUT2D eigenvalue weighted by Crippen LogP contribution is 2.26. The van der Waals surface area contributed by atoms with Crippen molar-refractivity contribution in [1.82, 2.24) is 5.32 Å². The topological polar surface area (TPSA) is 12.0 Å². The molecule has 0 saturated carbocycles. The molecule has 0 atom stereocenters. The van der Waals surface area contributed by atoms with Gasteiger partial charge in [-0.15, -0.1) is 0 Å². The summed E-state index contributed by atoms with van der Waals surface area (Å²) in [6, 6.07) is 13.0. The molecule has 0 spiro atoms. The van der Waals surface area contributed by atoms with E-state index in [9.17, 15) is 4.39 Å². The van der Waals surface area contributed by atoms with Crippen molar-refractivity contribution in [3.63, 3.8) is 0 Å². The van der Waals surface area contributed by atoms with Crippen LogP contribution in [0.5, 0.6) is 0 Å². The summed E-state index contributed by atoms with van der Waals surface area (Å²) in [6.45, 7) is 4.02. The zero-order valence-electron chi connectivity index (χ0n) is 10.9. The number of rotatable bonds is 5. The fourth-order valence-electron chi connectivity index (χ4n) is 1.93. The van der Waals surface area contributed by atoms with Crippen molar-refractivity contribution in [3.05, 3.63) is 58.3 Å². The number of hydrogen-bond acceptors (Lipinski definition) is 1. The summed E-state index contributed by atoms with van der Waals surface area (Å²) in [5.41, 5.74) is 2.74. The lowest BCUT2D eigenvalue weighted by molar-refractivity contribution is 0.631. The molecule has 2 aromatic carbocycles. The maximum absolute atomic E-state index is 13.8. The second-order valence-corrected chi connectivity index (χ2v) is 5.41. The number of benzene rings is 2. The van der Waals surface area contributed by atoms with Crippen molar-refractivity contribution in [2.24, 2.45) is 0 Å². The van der Waals surface area contributed by atoms with Crippen LogP contribution in [0, 0.1) is 5.82 Å². The molecule has 0 aliphatic carbocycles. The maximum Gasteiger partial charge on any atom is 0.131 e. The Balaban J connectivity index is 2.15. The minimum Gasteiger partial charge on any atom is -0.313 e. The van der Waals surface area contributed by atoms with Gasteiger partial charge in [-0.25, -0.2) is 4.39 Å². The molecule has 2 aromatic rings. The Kier molecular flexibility index (Phi) is 5.11. The highest BCUT2D eigenvalue weighted by Gasteiger charge is 2.05. The van der Waals surface area contributed by atoms with Gasteiger partial charge in [0.15, 0.2) is 0 Å². The van der Waals surface area contributed by atoms with Crippen LogP contribution in [0.2, 0.25) is 0 Å². The van der Waals surface area contributed by atoms with Crippen LogP contribution in [0.4, 0.5) is 4.39 Å². The maximum atomic E-state index is 13.8. The van der Waals surface area contributed by atoms with E-state index in [1.54, 1.807) is 12.1 Å². The molecule has 1 N–H and O–H groups in total. The summed E-state index contributed by atoms with van der Waals surface area (Å²) in [5.74, 6) is -0.194. The van der Waals surface area contributed by atoms with Gasteiger partial charge in [-0.2, -0.15) is 0 Å². The molecule has 0 fully saturated rings.